The van der Waals surface area contributed by atoms with Gasteiger partial charge in [-0.3, -0.25) is 4.68 Å². The first-order chi connectivity index (χ1) is 8.70. The van der Waals surface area contributed by atoms with Crippen LogP contribution in [0.4, 0.5) is 0 Å². The third kappa shape index (κ3) is 3.04. The molecule has 0 unspecified atom stereocenters. The Labute approximate surface area is 115 Å². The molecule has 1 aromatic carbocycles. The third-order valence-electron chi connectivity index (χ3n) is 2.68. The summed E-state index contributed by atoms with van der Waals surface area (Å²) in [6.45, 7) is 0.616. The van der Waals surface area contributed by atoms with Gasteiger partial charge in [-0.1, -0.05) is 0 Å². The number of halogens is 1. The Morgan fingerprint density at radius 3 is 2.78 bits per heavy atom. The van der Waals surface area contributed by atoms with Crippen molar-refractivity contribution in [2.45, 2.75) is 6.42 Å². The summed E-state index contributed by atoms with van der Waals surface area (Å²) in [6.07, 6.45) is 2.62. The van der Waals surface area contributed by atoms with E-state index >= 15 is 0 Å². The topological polar surface area (TPSA) is 36.3 Å². The zero-order valence-corrected chi connectivity index (χ0v) is 12.0. The molecule has 1 aromatic heterocycles. The van der Waals surface area contributed by atoms with E-state index in [1.165, 1.54) is 0 Å². The largest absolute Gasteiger partial charge is 0.497 e. The maximum absolute atomic E-state index is 5.72. The predicted molar refractivity (Wildman–Crippen MR) is 73.1 cm³/mol. The van der Waals surface area contributed by atoms with Crippen molar-refractivity contribution >= 4 is 15.9 Å². The van der Waals surface area contributed by atoms with E-state index < -0.39 is 0 Å². The van der Waals surface area contributed by atoms with Gasteiger partial charge in [0.25, 0.3) is 0 Å². The van der Waals surface area contributed by atoms with Crippen molar-refractivity contribution in [1.29, 1.82) is 0 Å². The average Bonchev–Trinajstić information content (AvgIpc) is 2.77. The van der Waals surface area contributed by atoms with Crippen LogP contribution in [0.3, 0.4) is 0 Å². The fourth-order valence-corrected chi connectivity index (χ4v) is 2.11. The van der Waals surface area contributed by atoms with Crippen LogP contribution in [0.5, 0.6) is 11.5 Å². The Balaban J connectivity index is 1.92. The smallest absolute Gasteiger partial charge is 0.133 e. The van der Waals surface area contributed by atoms with Gasteiger partial charge in [0.05, 0.1) is 18.2 Å². The molecule has 5 heteroatoms. The number of ether oxygens (including phenoxy) is 2. The van der Waals surface area contributed by atoms with E-state index in [1.54, 1.807) is 13.3 Å². The van der Waals surface area contributed by atoms with E-state index in [0.29, 0.717) is 6.61 Å². The van der Waals surface area contributed by atoms with Gasteiger partial charge in [0.2, 0.25) is 0 Å². The van der Waals surface area contributed by atoms with Crippen LogP contribution in [0.1, 0.15) is 5.69 Å². The van der Waals surface area contributed by atoms with Gasteiger partial charge in [0.15, 0.2) is 0 Å². The summed E-state index contributed by atoms with van der Waals surface area (Å²) < 4.78 is 13.6. The van der Waals surface area contributed by atoms with Gasteiger partial charge >= 0.3 is 0 Å². The molecule has 0 saturated carbocycles. The summed E-state index contributed by atoms with van der Waals surface area (Å²) in [4.78, 5) is 0. The normalized spacial score (nSPS) is 10.4. The van der Waals surface area contributed by atoms with Gasteiger partial charge in [-0.2, -0.15) is 5.10 Å². The molecule has 0 saturated heterocycles. The van der Waals surface area contributed by atoms with Gasteiger partial charge in [0.1, 0.15) is 11.5 Å². The van der Waals surface area contributed by atoms with Crippen LogP contribution < -0.4 is 9.47 Å². The minimum Gasteiger partial charge on any atom is -0.497 e. The first-order valence-electron chi connectivity index (χ1n) is 5.64. The second kappa shape index (κ2) is 5.91. The van der Waals surface area contributed by atoms with Crippen LogP contribution in [0.2, 0.25) is 0 Å². The summed E-state index contributed by atoms with van der Waals surface area (Å²) in [5, 5.41) is 4.12. The van der Waals surface area contributed by atoms with Gasteiger partial charge in [0, 0.05) is 25.4 Å². The number of aromatic nitrogens is 2. The molecule has 0 bridgehead atoms. The fraction of sp³-hybridized carbons (Fsp3) is 0.308. The fourth-order valence-electron chi connectivity index (χ4n) is 1.64. The van der Waals surface area contributed by atoms with E-state index in [0.717, 1.165) is 28.1 Å². The number of rotatable bonds is 5. The van der Waals surface area contributed by atoms with Gasteiger partial charge in [-0.05, 0) is 40.2 Å². The van der Waals surface area contributed by atoms with E-state index in [2.05, 4.69) is 21.0 Å². The van der Waals surface area contributed by atoms with E-state index in [1.807, 2.05) is 36.0 Å². The highest BCUT2D eigenvalue weighted by Crippen LogP contribution is 2.29. The molecule has 0 aliphatic heterocycles. The first kappa shape index (κ1) is 13.0. The number of methoxy groups -OCH3 is 1. The van der Waals surface area contributed by atoms with Crippen LogP contribution in [0.15, 0.2) is 34.9 Å². The maximum Gasteiger partial charge on any atom is 0.133 e. The van der Waals surface area contributed by atoms with Crippen molar-refractivity contribution in [2.24, 2.45) is 7.05 Å². The second-order valence-electron chi connectivity index (χ2n) is 3.84. The Bertz CT molecular complexity index is 525. The molecule has 0 amide bonds. The summed E-state index contributed by atoms with van der Waals surface area (Å²) in [6, 6.07) is 7.65. The molecule has 0 fully saturated rings. The van der Waals surface area contributed by atoms with Crippen LogP contribution >= 0.6 is 15.9 Å². The van der Waals surface area contributed by atoms with E-state index in [9.17, 15) is 0 Å². The number of benzene rings is 1. The second-order valence-corrected chi connectivity index (χ2v) is 4.70. The van der Waals surface area contributed by atoms with Crippen LogP contribution in [0, 0.1) is 0 Å². The zero-order chi connectivity index (χ0) is 13.0. The lowest BCUT2D eigenvalue weighted by Crippen LogP contribution is -2.06. The first-order valence-corrected chi connectivity index (χ1v) is 6.43. The summed E-state index contributed by atoms with van der Waals surface area (Å²) in [5.74, 6) is 1.62. The highest BCUT2D eigenvalue weighted by Gasteiger charge is 2.04. The molecular formula is C13H15BrN2O2. The van der Waals surface area contributed by atoms with Crippen molar-refractivity contribution in [3.8, 4) is 11.5 Å². The molecule has 0 aliphatic rings. The average molecular weight is 311 g/mol. The molecule has 0 radical (unpaired) electrons. The quantitative estimate of drug-likeness (QED) is 0.852. The highest BCUT2D eigenvalue weighted by atomic mass is 79.9. The van der Waals surface area contributed by atoms with Crippen LogP contribution in [-0.4, -0.2) is 23.5 Å². The Morgan fingerprint density at radius 1 is 1.33 bits per heavy atom. The summed E-state index contributed by atoms with van der Waals surface area (Å²) in [5.41, 5.74) is 1.15. The highest BCUT2D eigenvalue weighted by molar-refractivity contribution is 9.10. The van der Waals surface area contributed by atoms with Gasteiger partial charge in [-0.25, -0.2) is 0 Å². The van der Waals surface area contributed by atoms with Crippen molar-refractivity contribution in [2.75, 3.05) is 13.7 Å². The lowest BCUT2D eigenvalue weighted by molar-refractivity contribution is 0.315. The minimum atomic E-state index is 0.616. The standard InChI is InChI=1S/C13H15BrN2O2/c1-16-10(5-7-15-16)6-8-18-13-4-3-11(17-2)9-12(13)14/h3-5,7,9H,6,8H2,1-2H3. The van der Waals surface area contributed by atoms with Crippen molar-refractivity contribution in [1.82, 2.24) is 9.78 Å². The van der Waals surface area contributed by atoms with Crippen LogP contribution in [-0.2, 0) is 13.5 Å². The molecule has 2 aromatic rings. The summed E-state index contributed by atoms with van der Waals surface area (Å²) >= 11 is 3.46. The van der Waals surface area contributed by atoms with E-state index in [4.69, 9.17) is 9.47 Å². The molecule has 18 heavy (non-hydrogen) atoms. The molecule has 0 aliphatic carbocycles. The van der Waals surface area contributed by atoms with Gasteiger partial charge in [-0.15, -0.1) is 0 Å². The molecule has 0 spiro atoms. The third-order valence-corrected chi connectivity index (χ3v) is 3.30. The SMILES string of the molecule is COc1ccc(OCCc2ccnn2C)c(Br)c1. The maximum atomic E-state index is 5.72. The number of hydrogen-bond acceptors (Lipinski definition) is 3. The van der Waals surface area contributed by atoms with Crippen LogP contribution in [0.25, 0.3) is 0 Å². The lowest BCUT2D eigenvalue weighted by atomic mass is 10.3. The van der Waals surface area contributed by atoms with Crippen molar-refractivity contribution < 1.29 is 9.47 Å². The molecular weight excluding hydrogens is 296 g/mol. The summed E-state index contributed by atoms with van der Waals surface area (Å²) in [7, 11) is 3.57. The Kier molecular flexibility index (Phi) is 4.25. The number of nitrogens with zero attached hydrogens (tertiary/aromatic N) is 2. The zero-order valence-electron chi connectivity index (χ0n) is 10.4. The molecule has 96 valence electrons. The minimum absolute atomic E-state index is 0.616. The van der Waals surface area contributed by atoms with E-state index in [-0.39, 0.29) is 0 Å². The van der Waals surface area contributed by atoms with Crippen molar-refractivity contribution in [3.63, 3.8) is 0 Å². The Hall–Kier alpha value is -1.49. The van der Waals surface area contributed by atoms with Crippen molar-refractivity contribution in [3.05, 3.63) is 40.6 Å². The molecule has 0 atom stereocenters. The van der Waals surface area contributed by atoms with Gasteiger partial charge < -0.3 is 9.47 Å². The Morgan fingerprint density at radius 2 is 2.17 bits per heavy atom. The monoisotopic (exact) mass is 310 g/mol. The molecule has 1 heterocycles. The predicted octanol–water partition coefficient (Wildman–Crippen LogP) is 2.81. The molecule has 2 rings (SSSR count). The molecule has 4 nitrogen and oxygen atoms in total. The molecule has 0 N–H and O–H groups in total. The number of aryl methyl sites for hydroxylation is 1. The number of hydrogen-bond donors (Lipinski definition) is 0. The lowest BCUT2D eigenvalue weighted by Gasteiger charge is -2.09.